The highest BCUT2D eigenvalue weighted by atomic mass is 16.8. The molecule has 0 saturated carbocycles. The van der Waals surface area contributed by atoms with Gasteiger partial charge in [0.1, 0.15) is 61.0 Å². The Hall–Kier alpha value is -4.79. The van der Waals surface area contributed by atoms with E-state index in [1.165, 1.54) is 14.2 Å². The normalized spacial score (nSPS) is 38.3. The summed E-state index contributed by atoms with van der Waals surface area (Å²) >= 11 is 0. The molecule has 27 heteroatoms. The molecule has 20 atom stereocenters. The minimum Gasteiger partial charge on any atom is -0.502 e. The van der Waals surface area contributed by atoms with Gasteiger partial charge >= 0.3 is 11.9 Å². The van der Waals surface area contributed by atoms with Crippen molar-refractivity contribution < 1.29 is 123 Å². The lowest BCUT2D eigenvalue weighted by Gasteiger charge is -2.48. The van der Waals surface area contributed by atoms with Crippen LogP contribution in [0.3, 0.4) is 0 Å². The summed E-state index contributed by atoms with van der Waals surface area (Å²) in [6, 6.07) is 4.91. The third-order valence-electron chi connectivity index (χ3n) is 13.8. The number of carboxylic acid groups (broad SMARTS) is 1. The van der Waals surface area contributed by atoms with Gasteiger partial charge in [-0.05, 0) is 41.0 Å². The molecular formula is C44H58N2O25. The molecule has 5 heterocycles. The van der Waals surface area contributed by atoms with Crippen molar-refractivity contribution in [3.63, 3.8) is 0 Å². The van der Waals surface area contributed by atoms with E-state index in [0.29, 0.717) is 28.2 Å². The third kappa shape index (κ3) is 9.66. The Bertz CT molecular complexity index is 2250. The molecule has 1 amide bonds. The zero-order valence-corrected chi connectivity index (χ0v) is 38.2. The largest absolute Gasteiger partial charge is 0.502 e. The molecule has 1 aliphatic carbocycles. The van der Waals surface area contributed by atoms with Gasteiger partial charge in [-0.3, -0.25) is 9.59 Å². The minimum atomic E-state index is -2.87. The van der Waals surface area contributed by atoms with Crippen molar-refractivity contribution in [2.24, 2.45) is 17.6 Å². The van der Waals surface area contributed by atoms with Gasteiger partial charge in [0.05, 0.1) is 64.3 Å². The summed E-state index contributed by atoms with van der Waals surface area (Å²) in [5.74, 6) is -8.13. The Balaban J connectivity index is 1.02. The number of aliphatic carboxylic acids is 1. The van der Waals surface area contributed by atoms with Crippen molar-refractivity contribution in [1.29, 1.82) is 0 Å². The Morgan fingerprint density at radius 3 is 2.08 bits per heavy atom. The van der Waals surface area contributed by atoms with E-state index >= 15 is 0 Å². The van der Waals surface area contributed by atoms with Gasteiger partial charge in [-0.2, -0.15) is 0 Å². The summed E-state index contributed by atoms with van der Waals surface area (Å²) < 4.78 is 63.1. The molecule has 6 aliphatic rings. The van der Waals surface area contributed by atoms with E-state index in [1.807, 2.05) is 0 Å². The zero-order chi connectivity index (χ0) is 51.4. The SMILES string of the molecule is COc1cc(C2c3cc4c(cc3C(OC3OC(CO)C(OC5OC(COC6(C(=O)O)CC(O)C(NC(C)=O)C(C(O)C(O)CN)O6)C(O)C(O)C5O)C(O)C3O)C3COC(=O)C23)OCO4)cc(OC)c1O. The molecule has 2 aromatic carbocycles. The summed E-state index contributed by atoms with van der Waals surface area (Å²) in [5.41, 5.74) is 6.88. The van der Waals surface area contributed by atoms with Crippen LogP contribution < -0.4 is 30.0 Å². The number of cyclic esters (lactones) is 1. The number of aliphatic hydroxyl groups excluding tert-OH is 9. The molecule has 14 N–H and O–H groups in total. The number of benzene rings is 2. The number of fused-ring (bicyclic) bond motifs is 3. The van der Waals surface area contributed by atoms with Crippen molar-refractivity contribution >= 4 is 17.8 Å². The molecule has 8 rings (SSSR count). The number of methoxy groups -OCH3 is 2. The number of phenolic OH excluding ortho intramolecular Hbond substituents is 1. The Morgan fingerprint density at radius 2 is 1.48 bits per heavy atom. The molecule has 0 spiro atoms. The molecule has 4 fully saturated rings. The zero-order valence-electron chi connectivity index (χ0n) is 38.2. The summed E-state index contributed by atoms with van der Waals surface area (Å²) in [7, 11) is 2.69. The first-order valence-electron chi connectivity index (χ1n) is 22.5. The topological polar surface area (TPSA) is 413 Å². The second kappa shape index (κ2) is 21.0. The molecule has 394 valence electrons. The highest BCUT2D eigenvalue weighted by molar-refractivity contribution is 5.79. The monoisotopic (exact) mass is 1010 g/mol. The maximum absolute atomic E-state index is 13.7. The van der Waals surface area contributed by atoms with Gasteiger partial charge < -0.3 is 119 Å². The van der Waals surface area contributed by atoms with Crippen LogP contribution >= 0.6 is 0 Å². The van der Waals surface area contributed by atoms with Crippen LogP contribution in [0.4, 0.5) is 0 Å². The number of carboxylic acids is 1. The third-order valence-corrected chi connectivity index (χ3v) is 13.8. The second-order valence-electron chi connectivity index (χ2n) is 18.0. The number of hydrogen-bond donors (Lipinski definition) is 13. The fourth-order valence-electron chi connectivity index (χ4n) is 10.1. The Labute approximate surface area is 402 Å². The fourth-order valence-corrected chi connectivity index (χ4v) is 10.1. The average Bonchev–Trinajstić information content (AvgIpc) is 3.98. The number of hydrogen-bond acceptors (Lipinski definition) is 25. The lowest BCUT2D eigenvalue weighted by atomic mass is 9.66. The molecule has 0 bridgehead atoms. The number of esters is 1. The number of ether oxygens (including phenoxy) is 11. The van der Waals surface area contributed by atoms with Gasteiger partial charge in [-0.25, -0.2) is 4.79 Å². The molecular weight excluding hydrogens is 956 g/mol. The number of rotatable bonds is 16. The van der Waals surface area contributed by atoms with Crippen molar-refractivity contribution in [2.75, 3.05) is 47.4 Å². The highest BCUT2D eigenvalue weighted by Crippen LogP contribution is 2.57. The van der Waals surface area contributed by atoms with Crippen molar-refractivity contribution in [1.82, 2.24) is 5.32 Å². The molecule has 0 radical (unpaired) electrons. The van der Waals surface area contributed by atoms with Gasteiger partial charge in [0, 0.05) is 31.7 Å². The number of aromatic hydroxyl groups is 1. The van der Waals surface area contributed by atoms with Crippen LogP contribution in [-0.4, -0.2) is 219 Å². The maximum Gasteiger partial charge on any atom is 0.364 e. The molecule has 5 aliphatic heterocycles. The molecule has 27 nitrogen and oxygen atoms in total. The van der Waals surface area contributed by atoms with Crippen molar-refractivity contribution in [3.8, 4) is 28.7 Å². The van der Waals surface area contributed by atoms with Crippen molar-refractivity contribution in [3.05, 3.63) is 41.0 Å². The van der Waals surface area contributed by atoms with Crippen LogP contribution in [0.2, 0.25) is 0 Å². The van der Waals surface area contributed by atoms with Crippen LogP contribution in [0, 0.1) is 11.8 Å². The molecule has 0 aromatic heterocycles. The predicted octanol–water partition coefficient (Wildman–Crippen LogP) is -5.11. The van der Waals surface area contributed by atoms with E-state index in [9.17, 15) is 70.6 Å². The predicted molar refractivity (Wildman–Crippen MR) is 227 cm³/mol. The standard InChI is InChI=1S/C44H58N2O25/c1-14(48)46-29-19(49)8-44(43(59)60,71-39(29)30(51)20(50)9-45)66-12-26-32(53)33(54)35(56)41(68-26)70-38-25(10-47)67-42(36(57)34(38)55)69-37-17-7-22-21(64-13-65-22)6-16(17)27(28-18(37)11-63-40(28)58)15-4-23(61-2)31(52)24(5-15)62-3/h4-7,18-20,25-30,32-39,41-42,47,49-57H,8-13,45H2,1-3H3,(H,46,48)(H,59,60). The second-order valence-corrected chi connectivity index (χ2v) is 18.0. The van der Waals surface area contributed by atoms with Crippen LogP contribution in [-0.2, 0) is 47.5 Å². The fraction of sp³-hybridized carbons (Fsp3) is 0.659. The maximum atomic E-state index is 13.7. The first-order valence-corrected chi connectivity index (χ1v) is 22.5. The smallest absolute Gasteiger partial charge is 0.364 e. The minimum absolute atomic E-state index is 0.0551. The lowest BCUT2D eigenvalue weighted by Crippen LogP contribution is -2.68. The van der Waals surface area contributed by atoms with Crippen LogP contribution in [0.15, 0.2) is 24.3 Å². The van der Waals surface area contributed by atoms with E-state index < -0.39 is 166 Å². The van der Waals surface area contributed by atoms with Crippen LogP contribution in [0.5, 0.6) is 28.7 Å². The Morgan fingerprint density at radius 1 is 0.859 bits per heavy atom. The van der Waals surface area contributed by atoms with E-state index in [0.717, 1.165) is 6.92 Å². The van der Waals surface area contributed by atoms with Gasteiger partial charge in [-0.1, -0.05) is 0 Å². The number of phenols is 1. The molecule has 20 unspecified atom stereocenters. The number of nitrogens with two attached hydrogens (primary N) is 1. The lowest BCUT2D eigenvalue weighted by molar-refractivity contribution is -0.371. The van der Waals surface area contributed by atoms with Gasteiger partial charge in [0.15, 0.2) is 35.6 Å². The van der Waals surface area contributed by atoms with Gasteiger partial charge in [0.25, 0.3) is 5.79 Å². The number of amides is 1. The average molecular weight is 1010 g/mol. The van der Waals surface area contributed by atoms with Crippen LogP contribution in [0.25, 0.3) is 0 Å². The van der Waals surface area contributed by atoms with E-state index in [1.54, 1.807) is 24.3 Å². The number of carbonyl (C=O) groups excluding carboxylic acids is 2. The first kappa shape index (κ1) is 52.5. The summed E-state index contributed by atoms with van der Waals surface area (Å²) in [5, 5.41) is 122. The quantitative estimate of drug-likeness (QED) is 0.0700. The number of carbonyl (C=O) groups is 3. The number of nitrogens with one attached hydrogen (secondary N) is 1. The highest BCUT2D eigenvalue weighted by Gasteiger charge is 2.59. The Kier molecular flexibility index (Phi) is 15.5. The van der Waals surface area contributed by atoms with E-state index in [4.69, 9.17) is 57.8 Å². The number of aliphatic hydroxyl groups is 9. The summed E-state index contributed by atoms with van der Waals surface area (Å²) in [4.78, 5) is 38.4. The molecule has 2 aromatic rings. The summed E-state index contributed by atoms with van der Waals surface area (Å²) in [6.45, 7) is -1.72. The van der Waals surface area contributed by atoms with E-state index in [-0.39, 0.29) is 30.6 Å². The van der Waals surface area contributed by atoms with Gasteiger partial charge in [0.2, 0.25) is 18.4 Å². The van der Waals surface area contributed by atoms with E-state index in [2.05, 4.69) is 5.32 Å². The molecule has 4 saturated heterocycles. The summed E-state index contributed by atoms with van der Waals surface area (Å²) in [6.07, 6.45) is -28.7. The van der Waals surface area contributed by atoms with Crippen LogP contribution in [0.1, 0.15) is 42.1 Å². The van der Waals surface area contributed by atoms with Crippen molar-refractivity contribution in [2.45, 2.75) is 123 Å². The first-order chi connectivity index (χ1) is 33.8. The molecule has 71 heavy (non-hydrogen) atoms. The van der Waals surface area contributed by atoms with Gasteiger partial charge in [-0.15, -0.1) is 0 Å².